The lowest BCUT2D eigenvalue weighted by Crippen LogP contribution is -2.61. The van der Waals surface area contributed by atoms with E-state index in [1.54, 1.807) is 0 Å². The van der Waals surface area contributed by atoms with Crippen LogP contribution in [0.25, 0.3) is 0 Å². The number of esters is 1. The van der Waals surface area contributed by atoms with Crippen LogP contribution in [0.5, 0.6) is 0 Å². The van der Waals surface area contributed by atoms with Crippen LogP contribution in [0.2, 0.25) is 0 Å². The molecule has 1 unspecified atom stereocenters. The van der Waals surface area contributed by atoms with Crippen LogP contribution in [0.4, 0.5) is 0 Å². The zero-order valence-corrected chi connectivity index (χ0v) is 20.3. The second-order valence-electron chi connectivity index (χ2n) is 8.62. The highest BCUT2D eigenvalue weighted by Crippen LogP contribution is 2.31. The lowest BCUT2D eigenvalue weighted by atomic mass is 9.98. The predicted octanol–water partition coefficient (Wildman–Crippen LogP) is 4.02. The van der Waals surface area contributed by atoms with Gasteiger partial charge in [-0.3, -0.25) is 4.79 Å². The average molecular weight is 493 g/mol. The van der Waals surface area contributed by atoms with Crippen molar-refractivity contribution in [3.05, 3.63) is 108 Å². The number of aliphatic hydroxyl groups excluding tert-OH is 1. The van der Waals surface area contributed by atoms with Gasteiger partial charge in [0.1, 0.15) is 24.4 Å². The van der Waals surface area contributed by atoms with Gasteiger partial charge in [0, 0.05) is 6.92 Å². The van der Waals surface area contributed by atoms with E-state index in [-0.39, 0.29) is 19.8 Å². The largest absolute Gasteiger partial charge is 0.433 e. The van der Waals surface area contributed by atoms with E-state index < -0.39 is 36.7 Å². The molecule has 3 aromatic rings. The van der Waals surface area contributed by atoms with Gasteiger partial charge in [-0.25, -0.2) is 0 Å². The van der Waals surface area contributed by atoms with E-state index in [0.717, 1.165) is 16.7 Å². The third kappa shape index (κ3) is 7.22. The molecule has 1 fully saturated rings. The van der Waals surface area contributed by atoms with Crippen LogP contribution in [-0.2, 0) is 48.3 Å². The molecule has 0 aliphatic carbocycles. The fourth-order valence-corrected chi connectivity index (χ4v) is 4.15. The Bertz CT molecular complexity index is 1040. The summed E-state index contributed by atoms with van der Waals surface area (Å²) in [6.07, 6.45) is -4.00. The maximum absolute atomic E-state index is 11.9. The summed E-state index contributed by atoms with van der Waals surface area (Å²) in [5.74, 6) is -0.518. The van der Waals surface area contributed by atoms with Gasteiger partial charge < -0.3 is 28.8 Å². The molecule has 4 rings (SSSR count). The van der Waals surface area contributed by atoms with E-state index in [1.807, 2.05) is 91.0 Å². The number of carbonyl (C=O) groups excluding carboxylic acids is 1. The summed E-state index contributed by atoms with van der Waals surface area (Å²) in [6.45, 7) is 1.80. The van der Waals surface area contributed by atoms with Gasteiger partial charge in [0.2, 0.25) is 6.29 Å². The first-order chi connectivity index (χ1) is 17.6. The smallest absolute Gasteiger partial charge is 0.305 e. The number of carbonyl (C=O) groups is 1. The van der Waals surface area contributed by atoms with E-state index >= 15 is 0 Å². The van der Waals surface area contributed by atoms with Crippen molar-refractivity contribution in [1.82, 2.24) is 0 Å². The summed E-state index contributed by atoms with van der Waals surface area (Å²) >= 11 is 0. The normalized spacial score (nSPS) is 23.8. The molecular formula is C29H32O7. The molecule has 3 aromatic carbocycles. The first-order valence-corrected chi connectivity index (χ1v) is 12.0. The third-order valence-corrected chi connectivity index (χ3v) is 5.91. The molecule has 5 atom stereocenters. The van der Waals surface area contributed by atoms with Gasteiger partial charge in [0.05, 0.1) is 26.4 Å². The quantitative estimate of drug-likeness (QED) is 0.405. The first-order valence-electron chi connectivity index (χ1n) is 12.0. The van der Waals surface area contributed by atoms with Crippen LogP contribution in [0, 0.1) is 0 Å². The van der Waals surface area contributed by atoms with E-state index in [0.29, 0.717) is 6.61 Å². The number of hydrogen-bond acceptors (Lipinski definition) is 7. The Morgan fingerprint density at radius 2 is 1.11 bits per heavy atom. The minimum absolute atomic E-state index is 0.257. The second kappa shape index (κ2) is 13.3. The molecule has 0 amide bonds. The Morgan fingerprint density at radius 3 is 1.53 bits per heavy atom. The van der Waals surface area contributed by atoms with Crippen LogP contribution in [0.1, 0.15) is 23.6 Å². The molecule has 1 N–H and O–H groups in total. The molecule has 7 nitrogen and oxygen atoms in total. The zero-order chi connectivity index (χ0) is 25.2. The minimum Gasteiger partial charge on any atom is -0.433 e. The molecule has 36 heavy (non-hydrogen) atoms. The summed E-state index contributed by atoms with van der Waals surface area (Å²) in [5, 5.41) is 10.2. The van der Waals surface area contributed by atoms with Crippen molar-refractivity contribution in [3.63, 3.8) is 0 Å². The highest BCUT2D eigenvalue weighted by Gasteiger charge is 2.49. The molecule has 0 bridgehead atoms. The van der Waals surface area contributed by atoms with Gasteiger partial charge in [-0.2, -0.15) is 0 Å². The molecule has 0 saturated carbocycles. The number of benzene rings is 3. The van der Waals surface area contributed by atoms with Gasteiger partial charge >= 0.3 is 5.97 Å². The number of aliphatic hydroxyl groups is 1. The standard InChI is InChI=1S/C29H32O7/c1-21(31)35-29-28(34-20-24-15-9-4-10-16-24)27(33-19-23-13-7-3-8-14-23)26(25(17-30)36-29)32-18-22-11-5-2-6-12-22/h2-16,25-30H,17-20H2,1H3/t25-,26-,27+,28-,29?/m1/s1. The Kier molecular flexibility index (Phi) is 9.61. The molecule has 7 heteroatoms. The Balaban J connectivity index is 1.60. The highest BCUT2D eigenvalue weighted by molar-refractivity contribution is 5.66. The number of ether oxygens (including phenoxy) is 5. The maximum atomic E-state index is 11.9. The topological polar surface area (TPSA) is 83.5 Å². The summed E-state index contributed by atoms with van der Waals surface area (Å²) in [6, 6.07) is 29.2. The molecule has 0 aromatic heterocycles. The summed E-state index contributed by atoms with van der Waals surface area (Å²) in [4.78, 5) is 11.9. The Hall–Kier alpha value is -3.07. The van der Waals surface area contributed by atoms with Gasteiger partial charge in [0.25, 0.3) is 0 Å². The lowest BCUT2D eigenvalue weighted by molar-refractivity contribution is -0.318. The fourth-order valence-electron chi connectivity index (χ4n) is 4.15. The number of rotatable bonds is 11. The monoisotopic (exact) mass is 492 g/mol. The van der Waals surface area contributed by atoms with Crippen LogP contribution >= 0.6 is 0 Å². The summed E-state index contributed by atoms with van der Waals surface area (Å²) in [7, 11) is 0. The zero-order valence-electron chi connectivity index (χ0n) is 20.3. The van der Waals surface area contributed by atoms with Crippen molar-refractivity contribution in [2.24, 2.45) is 0 Å². The van der Waals surface area contributed by atoms with Crippen LogP contribution in [-0.4, -0.2) is 48.4 Å². The van der Waals surface area contributed by atoms with E-state index in [4.69, 9.17) is 23.7 Å². The minimum atomic E-state index is -1.07. The summed E-state index contributed by atoms with van der Waals surface area (Å²) < 4.78 is 30.4. The van der Waals surface area contributed by atoms with Crippen LogP contribution < -0.4 is 0 Å². The van der Waals surface area contributed by atoms with Crippen molar-refractivity contribution in [2.45, 2.75) is 57.5 Å². The first kappa shape index (κ1) is 26.0. The number of hydrogen-bond donors (Lipinski definition) is 1. The Morgan fingerprint density at radius 1 is 0.694 bits per heavy atom. The van der Waals surface area contributed by atoms with E-state index in [1.165, 1.54) is 6.92 Å². The molecule has 1 heterocycles. The molecular weight excluding hydrogens is 460 g/mol. The van der Waals surface area contributed by atoms with Crippen molar-refractivity contribution in [2.75, 3.05) is 6.61 Å². The predicted molar refractivity (Wildman–Crippen MR) is 133 cm³/mol. The van der Waals surface area contributed by atoms with Gasteiger partial charge in [-0.15, -0.1) is 0 Å². The SMILES string of the molecule is CC(=O)OC1O[C@H](CO)[C@@H](OCc2ccccc2)[C@H](OCc2ccccc2)[C@H]1OCc1ccccc1. The van der Waals surface area contributed by atoms with Crippen molar-refractivity contribution in [1.29, 1.82) is 0 Å². The maximum Gasteiger partial charge on any atom is 0.305 e. The molecule has 1 aliphatic rings. The highest BCUT2D eigenvalue weighted by atomic mass is 16.7. The lowest BCUT2D eigenvalue weighted by Gasteiger charge is -2.45. The second-order valence-corrected chi connectivity index (χ2v) is 8.62. The van der Waals surface area contributed by atoms with Gasteiger partial charge in [-0.05, 0) is 16.7 Å². The van der Waals surface area contributed by atoms with Crippen molar-refractivity contribution in [3.8, 4) is 0 Å². The van der Waals surface area contributed by atoms with Crippen LogP contribution in [0.3, 0.4) is 0 Å². The summed E-state index contributed by atoms with van der Waals surface area (Å²) in [5.41, 5.74) is 2.89. The Labute approximate surface area is 211 Å². The van der Waals surface area contributed by atoms with Gasteiger partial charge in [-0.1, -0.05) is 91.0 Å². The third-order valence-electron chi connectivity index (χ3n) is 5.91. The molecule has 0 radical (unpaired) electrons. The molecule has 1 aliphatic heterocycles. The van der Waals surface area contributed by atoms with E-state index in [2.05, 4.69) is 0 Å². The molecule has 0 spiro atoms. The fraction of sp³-hybridized carbons (Fsp3) is 0.345. The average Bonchev–Trinajstić information content (AvgIpc) is 2.91. The van der Waals surface area contributed by atoms with Gasteiger partial charge in [0.15, 0.2) is 0 Å². The van der Waals surface area contributed by atoms with E-state index in [9.17, 15) is 9.90 Å². The van der Waals surface area contributed by atoms with Crippen molar-refractivity contribution < 1.29 is 33.6 Å². The van der Waals surface area contributed by atoms with Crippen molar-refractivity contribution >= 4 is 5.97 Å². The van der Waals surface area contributed by atoms with Crippen LogP contribution in [0.15, 0.2) is 91.0 Å². The molecule has 190 valence electrons. The molecule has 1 saturated heterocycles.